The molecule has 0 radical (unpaired) electrons. The number of aromatic nitrogens is 2. The average Bonchev–Trinajstić information content (AvgIpc) is 3.36. The van der Waals surface area contributed by atoms with E-state index in [2.05, 4.69) is 20.2 Å². The van der Waals surface area contributed by atoms with E-state index in [0.717, 1.165) is 42.3 Å². The Hall–Kier alpha value is -2.83. The summed E-state index contributed by atoms with van der Waals surface area (Å²) in [4.78, 5) is 25.2. The van der Waals surface area contributed by atoms with E-state index in [4.69, 9.17) is 4.74 Å². The van der Waals surface area contributed by atoms with Crippen LogP contribution >= 0.6 is 0 Å². The van der Waals surface area contributed by atoms with Crippen molar-refractivity contribution in [2.24, 2.45) is 0 Å². The van der Waals surface area contributed by atoms with Crippen molar-refractivity contribution in [2.45, 2.75) is 32.3 Å². The van der Waals surface area contributed by atoms with Gasteiger partial charge in [-0.15, -0.1) is 0 Å². The van der Waals surface area contributed by atoms with Gasteiger partial charge in [-0.25, -0.2) is 9.78 Å². The molecule has 0 spiro atoms. The summed E-state index contributed by atoms with van der Waals surface area (Å²) >= 11 is 0. The molecule has 2 fully saturated rings. The van der Waals surface area contributed by atoms with E-state index < -0.39 is 0 Å². The van der Waals surface area contributed by atoms with Crippen LogP contribution in [0.2, 0.25) is 0 Å². The van der Waals surface area contributed by atoms with E-state index in [9.17, 15) is 4.79 Å². The van der Waals surface area contributed by atoms with Crippen molar-refractivity contribution >= 4 is 17.5 Å². The Morgan fingerprint density at radius 1 is 1.22 bits per heavy atom. The van der Waals surface area contributed by atoms with Crippen molar-refractivity contribution in [3.63, 3.8) is 0 Å². The fourth-order valence-corrected chi connectivity index (χ4v) is 3.64. The summed E-state index contributed by atoms with van der Waals surface area (Å²) in [6.07, 6.45) is 8.43. The van der Waals surface area contributed by atoms with Gasteiger partial charge in [0.1, 0.15) is 6.10 Å². The Kier molecular flexibility index (Phi) is 5.09. The Labute approximate surface area is 159 Å². The molecule has 2 amide bonds. The third-order valence-corrected chi connectivity index (χ3v) is 5.14. The number of nitrogens with zero attached hydrogens (tertiary/aromatic N) is 4. The number of ether oxygens (including phenoxy) is 1. The highest BCUT2D eigenvalue weighted by molar-refractivity contribution is 5.90. The van der Waals surface area contributed by atoms with Crippen molar-refractivity contribution in [3.8, 4) is 5.75 Å². The lowest BCUT2D eigenvalue weighted by Gasteiger charge is -2.22. The van der Waals surface area contributed by atoms with Gasteiger partial charge in [0.05, 0.1) is 6.54 Å². The second kappa shape index (κ2) is 7.82. The van der Waals surface area contributed by atoms with Gasteiger partial charge < -0.3 is 19.9 Å². The lowest BCUT2D eigenvalue weighted by Crippen LogP contribution is -2.34. The number of rotatable bonds is 4. The van der Waals surface area contributed by atoms with Crippen molar-refractivity contribution in [1.82, 2.24) is 14.9 Å². The van der Waals surface area contributed by atoms with Crippen LogP contribution < -0.4 is 15.0 Å². The highest BCUT2D eigenvalue weighted by atomic mass is 16.5. The van der Waals surface area contributed by atoms with Crippen LogP contribution in [0.25, 0.3) is 0 Å². The SMILES string of the molecule is Cc1cnccc1NC(=O)N1CC[C@H](Oc2cccnc2N2CCCC2)C1. The molecule has 1 atom stereocenters. The molecule has 2 saturated heterocycles. The number of hydrogen-bond donors (Lipinski definition) is 1. The highest BCUT2D eigenvalue weighted by Gasteiger charge is 2.29. The van der Waals surface area contributed by atoms with Crippen LogP contribution in [0.15, 0.2) is 36.8 Å². The Morgan fingerprint density at radius 2 is 2.07 bits per heavy atom. The number of carbonyl (C=O) groups is 1. The number of amides is 2. The van der Waals surface area contributed by atoms with Gasteiger partial charge in [0, 0.05) is 50.3 Å². The maximum atomic E-state index is 12.6. The minimum atomic E-state index is -0.0960. The summed E-state index contributed by atoms with van der Waals surface area (Å²) in [5.74, 6) is 1.74. The molecule has 27 heavy (non-hydrogen) atoms. The van der Waals surface area contributed by atoms with E-state index in [0.29, 0.717) is 13.1 Å². The third kappa shape index (κ3) is 3.97. The summed E-state index contributed by atoms with van der Waals surface area (Å²) in [7, 11) is 0. The van der Waals surface area contributed by atoms with Crippen LogP contribution in [-0.4, -0.2) is 53.2 Å². The standard InChI is InChI=1S/C20H25N5O2/c1-15-13-21-9-6-17(15)23-20(26)25-12-7-16(14-25)27-18-5-4-8-22-19(18)24-10-2-3-11-24/h4-6,8-9,13,16H,2-3,7,10-12,14H2,1H3,(H,21,23,26)/t16-/m0/s1. The predicted octanol–water partition coefficient (Wildman–Crippen LogP) is 3.07. The first kappa shape index (κ1) is 17.6. The number of anilines is 2. The predicted molar refractivity (Wildman–Crippen MR) is 104 cm³/mol. The minimum Gasteiger partial charge on any atom is -0.485 e. The molecule has 0 aliphatic carbocycles. The molecule has 4 rings (SSSR count). The quantitative estimate of drug-likeness (QED) is 0.899. The molecule has 0 saturated carbocycles. The number of likely N-dealkylation sites (tertiary alicyclic amines) is 1. The molecule has 4 heterocycles. The first-order valence-corrected chi connectivity index (χ1v) is 9.54. The van der Waals surface area contributed by atoms with Crippen LogP contribution in [0.1, 0.15) is 24.8 Å². The van der Waals surface area contributed by atoms with Crippen LogP contribution in [-0.2, 0) is 0 Å². The Morgan fingerprint density at radius 3 is 2.89 bits per heavy atom. The van der Waals surface area contributed by atoms with Crippen LogP contribution in [0, 0.1) is 6.92 Å². The van der Waals surface area contributed by atoms with E-state index in [1.165, 1.54) is 12.8 Å². The van der Waals surface area contributed by atoms with Crippen LogP contribution in [0.3, 0.4) is 0 Å². The summed E-state index contributed by atoms with van der Waals surface area (Å²) in [5.41, 5.74) is 1.74. The van der Waals surface area contributed by atoms with Gasteiger partial charge in [-0.1, -0.05) is 0 Å². The zero-order chi connectivity index (χ0) is 18.6. The zero-order valence-electron chi connectivity index (χ0n) is 15.6. The monoisotopic (exact) mass is 367 g/mol. The maximum absolute atomic E-state index is 12.6. The molecule has 7 heteroatoms. The van der Waals surface area contributed by atoms with E-state index in [1.807, 2.05) is 31.3 Å². The highest BCUT2D eigenvalue weighted by Crippen LogP contribution is 2.30. The van der Waals surface area contributed by atoms with Gasteiger partial charge >= 0.3 is 6.03 Å². The number of nitrogens with one attached hydrogen (secondary N) is 1. The number of urea groups is 1. The molecule has 142 valence electrons. The molecule has 1 N–H and O–H groups in total. The summed E-state index contributed by atoms with van der Waals surface area (Å²) < 4.78 is 6.24. The van der Waals surface area contributed by atoms with Crippen molar-refractivity contribution in [1.29, 1.82) is 0 Å². The van der Waals surface area contributed by atoms with Gasteiger partial charge in [0.15, 0.2) is 11.6 Å². The van der Waals surface area contributed by atoms with Crippen molar-refractivity contribution in [3.05, 3.63) is 42.4 Å². The molecule has 2 aromatic heterocycles. The van der Waals surface area contributed by atoms with Crippen LogP contribution in [0.5, 0.6) is 5.75 Å². The van der Waals surface area contributed by atoms with Gasteiger partial charge in [0.25, 0.3) is 0 Å². The zero-order valence-corrected chi connectivity index (χ0v) is 15.6. The molecular formula is C20H25N5O2. The third-order valence-electron chi connectivity index (χ3n) is 5.14. The second-order valence-electron chi connectivity index (χ2n) is 7.11. The second-order valence-corrected chi connectivity index (χ2v) is 7.11. The van der Waals surface area contributed by atoms with Gasteiger partial charge in [-0.05, 0) is 43.5 Å². The smallest absolute Gasteiger partial charge is 0.321 e. The Balaban J connectivity index is 1.38. The number of hydrogen-bond acceptors (Lipinski definition) is 5. The molecule has 2 aromatic rings. The lowest BCUT2D eigenvalue weighted by molar-refractivity contribution is 0.195. The lowest BCUT2D eigenvalue weighted by atomic mass is 10.2. The summed E-state index contributed by atoms with van der Waals surface area (Å²) in [5, 5.41) is 2.96. The Bertz CT molecular complexity index is 806. The summed E-state index contributed by atoms with van der Waals surface area (Å²) in [6, 6.07) is 5.60. The van der Waals surface area contributed by atoms with E-state index in [-0.39, 0.29) is 12.1 Å². The number of carbonyl (C=O) groups excluding carboxylic acids is 1. The van der Waals surface area contributed by atoms with Gasteiger partial charge in [0.2, 0.25) is 0 Å². The largest absolute Gasteiger partial charge is 0.485 e. The molecule has 7 nitrogen and oxygen atoms in total. The topological polar surface area (TPSA) is 70.6 Å². The number of aryl methyl sites for hydroxylation is 1. The first-order valence-electron chi connectivity index (χ1n) is 9.54. The van der Waals surface area contributed by atoms with E-state index in [1.54, 1.807) is 17.3 Å². The summed E-state index contributed by atoms with van der Waals surface area (Å²) in [6.45, 7) is 5.24. The van der Waals surface area contributed by atoms with Crippen LogP contribution in [0.4, 0.5) is 16.3 Å². The van der Waals surface area contributed by atoms with E-state index >= 15 is 0 Å². The molecule has 0 aromatic carbocycles. The fourth-order valence-electron chi connectivity index (χ4n) is 3.64. The van der Waals surface area contributed by atoms with Crippen molar-refractivity contribution < 1.29 is 9.53 Å². The number of pyridine rings is 2. The molecular weight excluding hydrogens is 342 g/mol. The van der Waals surface area contributed by atoms with Gasteiger partial charge in [-0.2, -0.15) is 0 Å². The molecule has 0 bridgehead atoms. The molecule has 2 aliphatic rings. The molecule has 2 aliphatic heterocycles. The average molecular weight is 367 g/mol. The normalized spacial score (nSPS) is 19.4. The first-order chi connectivity index (χ1) is 13.2. The fraction of sp³-hybridized carbons (Fsp3) is 0.450. The minimum absolute atomic E-state index is 0.0140. The maximum Gasteiger partial charge on any atom is 0.321 e. The van der Waals surface area contributed by atoms with Crippen molar-refractivity contribution in [2.75, 3.05) is 36.4 Å². The molecule has 0 unspecified atom stereocenters. The van der Waals surface area contributed by atoms with Gasteiger partial charge in [-0.3, -0.25) is 4.98 Å².